The SMILES string of the molecule is Cc1ccc(C(Cc2ccc(OC(C)(C)C)cc2)C(=O)O)cc1. The van der Waals surface area contributed by atoms with E-state index in [0.29, 0.717) is 6.42 Å². The number of hydrogen-bond donors (Lipinski definition) is 1. The molecule has 0 spiro atoms. The number of rotatable bonds is 5. The Morgan fingerprint density at radius 1 is 1.04 bits per heavy atom. The van der Waals surface area contributed by atoms with E-state index in [1.165, 1.54) is 0 Å². The van der Waals surface area contributed by atoms with Crippen molar-refractivity contribution in [3.05, 3.63) is 65.2 Å². The number of carboxylic acids is 1. The molecule has 0 aliphatic heterocycles. The van der Waals surface area contributed by atoms with Gasteiger partial charge in [-0.25, -0.2) is 0 Å². The molecule has 23 heavy (non-hydrogen) atoms. The summed E-state index contributed by atoms with van der Waals surface area (Å²) >= 11 is 0. The Kier molecular flexibility index (Phi) is 5.09. The van der Waals surface area contributed by atoms with Crippen molar-refractivity contribution in [1.29, 1.82) is 0 Å². The van der Waals surface area contributed by atoms with Crippen molar-refractivity contribution in [2.45, 2.75) is 45.6 Å². The highest BCUT2D eigenvalue weighted by molar-refractivity contribution is 5.76. The van der Waals surface area contributed by atoms with Crippen LogP contribution < -0.4 is 4.74 Å². The van der Waals surface area contributed by atoms with Gasteiger partial charge in [-0.2, -0.15) is 0 Å². The summed E-state index contributed by atoms with van der Waals surface area (Å²) in [5.74, 6) is -0.544. The number of benzene rings is 2. The fourth-order valence-electron chi connectivity index (χ4n) is 2.43. The van der Waals surface area contributed by atoms with Crippen molar-refractivity contribution >= 4 is 5.97 Å². The lowest BCUT2D eigenvalue weighted by Gasteiger charge is -2.21. The molecule has 2 aromatic carbocycles. The van der Waals surface area contributed by atoms with E-state index >= 15 is 0 Å². The van der Waals surface area contributed by atoms with Gasteiger partial charge in [0.2, 0.25) is 0 Å². The number of aryl methyl sites for hydroxylation is 1. The van der Waals surface area contributed by atoms with E-state index in [1.807, 2.05) is 76.2 Å². The van der Waals surface area contributed by atoms with Crippen molar-refractivity contribution in [2.24, 2.45) is 0 Å². The monoisotopic (exact) mass is 312 g/mol. The van der Waals surface area contributed by atoms with E-state index in [9.17, 15) is 9.90 Å². The van der Waals surface area contributed by atoms with Gasteiger partial charge in [0.1, 0.15) is 11.4 Å². The van der Waals surface area contributed by atoms with E-state index < -0.39 is 11.9 Å². The molecular weight excluding hydrogens is 288 g/mol. The van der Waals surface area contributed by atoms with Crippen LogP contribution in [0.25, 0.3) is 0 Å². The molecular formula is C20H24O3. The lowest BCUT2D eigenvalue weighted by molar-refractivity contribution is -0.138. The molecule has 0 radical (unpaired) electrons. The zero-order chi connectivity index (χ0) is 17.0. The quantitative estimate of drug-likeness (QED) is 0.878. The molecule has 0 bridgehead atoms. The van der Waals surface area contributed by atoms with Gasteiger partial charge in [0, 0.05) is 0 Å². The Labute approximate surface area is 137 Å². The summed E-state index contributed by atoms with van der Waals surface area (Å²) in [6.07, 6.45) is 0.466. The molecule has 1 atom stereocenters. The highest BCUT2D eigenvalue weighted by Gasteiger charge is 2.20. The van der Waals surface area contributed by atoms with Gasteiger partial charge in [-0.15, -0.1) is 0 Å². The minimum Gasteiger partial charge on any atom is -0.488 e. The van der Waals surface area contributed by atoms with Crippen LogP contribution in [0, 0.1) is 6.92 Å². The van der Waals surface area contributed by atoms with E-state index in [0.717, 1.165) is 22.4 Å². The minimum absolute atomic E-state index is 0.243. The van der Waals surface area contributed by atoms with Crippen LogP contribution in [0.2, 0.25) is 0 Å². The smallest absolute Gasteiger partial charge is 0.311 e. The second kappa shape index (κ2) is 6.86. The average molecular weight is 312 g/mol. The molecule has 0 fully saturated rings. The van der Waals surface area contributed by atoms with E-state index in [4.69, 9.17) is 4.74 Å². The van der Waals surface area contributed by atoms with Crippen LogP contribution in [0.5, 0.6) is 5.75 Å². The van der Waals surface area contributed by atoms with E-state index in [2.05, 4.69) is 0 Å². The molecule has 2 rings (SSSR count). The van der Waals surface area contributed by atoms with Crippen LogP contribution in [0.15, 0.2) is 48.5 Å². The molecule has 0 heterocycles. The van der Waals surface area contributed by atoms with Gasteiger partial charge in [-0.3, -0.25) is 4.79 Å². The first-order valence-corrected chi connectivity index (χ1v) is 7.82. The Morgan fingerprint density at radius 3 is 2.09 bits per heavy atom. The lowest BCUT2D eigenvalue weighted by atomic mass is 9.91. The molecule has 3 heteroatoms. The van der Waals surface area contributed by atoms with Gasteiger partial charge in [-0.1, -0.05) is 42.0 Å². The summed E-state index contributed by atoms with van der Waals surface area (Å²) in [4.78, 5) is 11.6. The molecule has 0 amide bonds. The molecule has 0 saturated carbocycles. The Bertz CT molecular complexity index is 649. The number of ether oxygens (including phenoxy) is 1. The third kappa shape index (κ3) is 5.13. The normalized spacial score (nSPS) is 12.7. The van der Waals surface area contributed by atoms with Crippen LogP contribution in [0.4, 0.5) is 0 Å². The predicted octanol–water partition coefficient (Wildman–Crippen LogP) is 4.58. The van der Waals surface area contributed by atoms with Crippen molar-refractivity contribution in [2.75, 3.05) is 0 Å². The maximum Gasteiger partial charge on any atom is 0.311 e. The summed E-state index contributed by atoms with van der Waals surface area (Å²) in [5.41, 5.74) is 2.70. The largest absolute Gasteiger partial charge is 0.488 e. The molecule has 0 aromatic heterocycles. The topological polar surface area (TPSA) is 46.5 Å². The molecule has 0 aliphatic carbocycles. The van der Waals surface area contributed by atoms with Gasteiger partial charge in [0.25, 0.3) is 0 Å². The fourth-order valence-corrected chi connectivity index (χ4v) is 2.43. The Balaban J connectivity index is 2.14. The first-order chi connectivity index (χ1) is 10.7. The molecule has 0 saturated heterocycles. The molecule has 1 N–H and O–H groups in total. The van der Waals surface area contributed by atoms with E-state index in [1.54, 1.807) is 0 Å². The second-order valence-corrected chi connectivity index (χ2v) is 6.86. The maximum absolute atomic E-state index is 11.6. The summed E-state index contributed by atoms with van der Waals surface area (Å²) in [6.45, 7) is 7.99. The van der Waals surface area contributed by atoms with Crippen LogP contribution in [-0.4, -0.2) is 16.7 Å². The van der Waals surface area contributed by atoms with E-state index in [-0.39, 0.29) is 5.60 Å². The average Bonchev–Trinajstić information content (AvgIpc) is 2.46. The lowest BCUT2D eigenvalue weighted by Crippen LogP contribution is -2.22. The van der Waals surface area contributed by atoms with Crippen molar-refractivity contribution in [3.63, 3.8) is 0 Å². The van der Waals surface area contributed by atoms with Crippen molar-refractivity contribution in [3.8, 4) is 5.75 Å². The van der Waals surface area contributed by atoms with Crippen LogP contribution in [0.3, 0.4) is 0 Å². The van der Waals surface area contributed by atoms with Gasteiger partial charge >= 0.3 is 5.97 Å². The van der Waals surface area contributed by atoms with Crippen molar-refractivity contribution < 1.29 is 14.6 Å². The predicted molar refractivity (Wildman–Crippen MR) is 92.1 cm³/mol. The molecule has 122 valence electrons. The highest BCUT2D eigenvalue weighted by atomic mass is 16.5. The van der Waals surface area contributed by atoms with Gasteiger partial charge in [-0.05, 0) is 57.4 Å². The Hall–Kier alpha value is -2.29. The summed E-state index contributed by atoms with van der Waals surface area (Å²) in [7, 11) is 0. The second-order valence-electron chi connectivity index (χ2n) is 6.86. The first kappa shape index (κ1) is 17.1. The molecule has 1 unspecified atom stereocenters. The number of aliphatic carboxylic acids is 1. The van der Waals surface area contributed by atoms with Gasteiger partial charge < -0.3 is 9.84 Å². The number of carbonyl (C=O) groups is 1. The molecule has 3 nitrogen and oxygen atoms in total. The summed E-state index contributed by atoms with van der Waals surface area (Å²) in [6, 6.07) is 15.4. The Morgan fingerprint density at radius 2 is 1.61 bits per heavy atom. The number of hydrogen-bond acceptors (Lipinski definition) is 2. The molecule has 2 aromatic rings. The minimum atomic E-state index is -0.802. The van der Waals surface area contributed by atoms with Crippen LogP contribution in [-0.2, 0) is 11.2 Å². The van der Waals surface area contributed by atoms with Crippen LogP contribution >= 0.6 is 0 Å². The van der Waals surface area contributed by atoms with Gasteiger partial charge in [0.05, 0.1) is 5.92 Å². The molecule has 0 aliphatic rings. The summed E-state index contributed by atoms with van der Waals surface area (Å²) < 4.78 is 5.79. The third-order valence-corrected chi connectivity index (χ3v) is 3.57. The standard InChI is InChI=1S/C20H24O3/c1-14-5-9-16(10-6-14)18(19(21)22)13-15-7-11-17(12-8-15)23-20(2,3)4/h5-12,18H,13H2,1-4H3,(H,21,22). The van der Waals surface area contributed by atoms with Crippen molar-refractivity contribution in [1.82, 2.24) is 0 Å². The number of carboxylic acid groups (broad SMARTS) is 1. The van der Waals surface area contributed by atoms with Crippen LogP contribution in [0.1, 0.15) is 43.4 Å². The van der Waals surface area contributed by atoms with Gasteiger partial charge in [0.15, 0.2) is 0 Å². The first-order valence-electron chi connectivity index (χ1n) is 7.82. The zero-order valence-corrected chi connectivity index (χ0v) is 14.2. The fraction of sp³-hybridized carbons (Fsp3) is 0.350. The third-order valence-electron chi connectivity index (χ3n) is 3.57. The summed E-state index contributed by atoms with van der Waals surface area (Å²) in [5, 5.41) is 9.54. The zero-order valence-electron chi connectivity index (χ0n) is 14.2. The maximum atomic E-state index is 11.6. The highest BCUT2D eigenvalue weighted by Crippen LogP contribution is 2.24.